The minimum absolute atomic E-state index is 0.0284. The summed E-state index contributed by atoms with van der Waals surface area (Å²) in [6.45, 7) is 1.54. The number of carboxylic acids is 1. The average molecular weight is 276 g/mol. The molecule has 0 fully saturated rings. The van der Waals surface area contributed by atoms with Gasteiger partial charge < -0.3 is 10.0 Å². The summed E-state index contributed by atoms with van der Waals surface area (Å²) in [5.41, 5.74) is 0.564. The molecule has 0 atom stereocenters. The molecule has 7 heteroatoms. The number of carbonyl (C=O) groups is 1. The highest BCUT2D eigenvalue weighted by Gasteiger charge is 2.27. The van der Waals surface area contributed by atoms with Gasteiger partial charge in [-0.2, -0.15) is 13.2 Å². The Morgan fingerprint density at radius 2 is 2.05 bits per heavy atom. The van der Waals surface area contributed by atoms with Gasteiger partial charge in [0, 0.05) is 19.3 Å². The highest BCUT2D eigenvalue weighted by atomic mass is 19.4. The zero-order valence-electron chi connectivity index (χ0n) is 10.7. The highest BCUT2D eigenvalue weighted by Crippen LogP contribution is 2.21. The van der Waals surface area contributed by atoms with Gasteiger partial charge in [0.25, 0.3) is 0 Å². The monoisotopic (exact) mass is 276 g/mol. The van der Waals surface area contributed by atoms with Crippen LogP contribution in [0, 0.1) is 0 Å². The Morgan fingerprint density at radius 1 is 1.42 bits per heavy atom. The summed E-state index contributed by atoms with van der Waals surface area (Å²) in [6.07, 6.45) is -4.70. The average Bonchev–Trinajstić information content (AvgIpc) is 2.34. The van der Waals surface area contributed by atoms with Gasteiger partial charge >= 0.3 is 12.1 Å². The second kappa shape index (κ2) is 5.90. The molecular weight excluding hydrogens is 261 g/mol. The summed E-state index contributed by atoms with van der Waals surface area (Å²) in [6, 6.07) is 2.70. The van der Waals surface area contributed by atoms with Crippen LogP contribution in [-0.2, 0) is 6.42 Å². The first-order chi connectivity index (χ1) is 8.73. The van der Waals surface area contributed by atoms with Crippen LogP contribution in [0.4, 0.5) is 19.0 Å². The highest BCUT2D eigenvalue weighted by molar-refractivity contribution is 5.88. The number of rotatable bonds is 5. The van der Waals surface area contributed by atoms with Crippen LogP contribution >= 0.6 is 0 Å². The topological polar surface area (TPSA) is 53.4 Å². The molecule has 0 saturated carbocycles. The Bertz CT molecular complexity index is 461. The van der Waals surface area contributed by atoms with Gasteiger partial charge in [-0.1, -0.05) is 6.92 Å². The van der Waals surface area contributed by atoms with Gasteiger partial charge in [-0.3, -0.25) is 0 Å². The molecule has 0 aromatic carbocycles. The Morgan fingerprint density at radius 3 is 2.53 bits per heavy atom. The van der Waals surface area contributed by atoms with Gasteiger partial charge in [-0.15, -0.1) is 0 Å². The zero-order valence-corrected chi connectivity index (χ0v) is 10.7. The predicted octanol–water partition coefficient (Wildman–Crippen LogP) is 2.73. The lowest BCUT2D eigenvalue weighted by Crippen LogP contribution is -2.25. The van der Waals surface area contributed by atoms with Crippen molar-refractivity contribution in [1.29, 1.82) is 0 Å². The maximum absolute atomic E-state index is 12.1. The van der Waals surface area contributed by atoms with Crippen molar-refractivity contribution >= 4 is 11.8 Å². The lowest BCUT2D eigenvalue weighted by atomic mass is 10.2. The van der Waals surface area contributed by atoms with Crippen molar-refractivity contribution in [3.8, 4) is 0 Å². The van der Waals surface area contributed by atoms with E-state index in [-0.39, 0.29) is 17.9 Å². The summed E-state index contributed by atoms with van der Waals surface area (Å²) in [5.74, 6) is -0.886. The van der Waals surface area contributed by atoms with Gasteiger partial charge in [0.15, 0.2) is 0 Å². The molecule has 0 aliphatic carbocycles. The molecule has 1 rings (SSSR count). The quantitative estimate of drug-likeness (QED) is 0.898. The van der Waals surface area contributed by atoms with Crippen molar-refractivity contribution in [3.05, 3.63) is 23.4 Å². The van der Waals surface area contributed by atoms with Crippen LogP contribution in [0.15, 0.2) is 12.1 Å². The largest absolute Gasteiger partial charge is 0.478 e. The molecule has 1 aromatic heterocycles. The van der Waals surface area contributed by atoms with Crippen LogP contribution in [-0.4, -0.2) is 35.8 Å². The maximum Gasteiger partial charge on any atom is 0.390 e. The number of pyridine rings is 1. The minimum Gasteiger partial charge on any atom is -0.478 e. The summed E-state index contributed by atoms with van der Waals surface area (Å²) in [7, 11) is 1.46. The van der Waals surface area contributed by atoms with E-state index in [1.54, 1.807) is 6.92 Å². The number of carboxylic acid groups (broad SMARTS) is 1. The fraction of sp³-hybridized carbons (Fsp3) is 0.500. The number of hydrogen-bond acceptors (Lipinski definition) is 3. The number of aromatic nitrogens is 1. The van der Waals surface area contributed by atoms with Crippen molar-refractivity contribution in [3.63, 3.8) is 0 Å². The lowest BCUT2D eigenvalue weighted by molar-refractivity contribution is -0.132. The molecule has 0 bridgehead atoms. The van der Waals surface area contributed by atoms with E-state index in [9.17, 15) is 18.0 Å². The molecule has 0 spiro atoms. The first kappa shape index (κ1) is 15.3. The Balaban J connectivity index is 2.92. The number of halogens is 3. The van der Waals surface area contributed by atoms with E-state index in [1.807, 2.05) is 0 Å². The number of aryl methyl sites for hydroxylation is 1. The molecule has 1 N–H and O–H groups in total. The first-order valence-corrected chi connectivity index (χ1v) is 5.75. The van der Waals surface area contributed by atoms with Gasteiger partial charge in [-0.05, 0) is 18.6 Å². The van der Waals surface area contributed by atoms with Gasteiger partial charge in [-0.25, -0.2) is 9.78 Å². The molecule has 1 aromatic rings. The molecule has 0 saturated heterocycles. The zero-order chi connectivity index (χ0) is 14.6. The smallest absolute Gasteiger partial charge is 0.390 e. The van der Waals surface area contributed by atoms with Crippen molar-refractivity contribution in [1.82, 2.24) is 4.98 Å². The maximum atomic E-state index is 12.1. The van der Waals surface area contributed by atoms with Crippen LogP contribution < -0.4 is 4.90 Å². The van der Waals surface area contributed by atoms with E-state index in [0.717, 1.165) is 0 Å². The number of aromatic carboxylic acids is 1. The molecule has 19 heavy (non-hydrogen) atoms. The number of hydrogen-bond donors (Lipinski definition) is 1. The third-order valence-electron chi connectivity index (χ3n) is 2.60. The molecular formula is C12H15F3N2O2. The summed E-state index contributed by atoms with van der Waals surface area (Å²) in [5, 5.41) is 8.94. The van der Waals surface area contributed by atoms with Gasteiger partial charge in [0.05, 0.1) is 12.0 Å². The normalized spacial score (nSPS) is 11.4. The van der Waals surface area contributed by atoms with E-state index in [1.165, 1.54) is 24.1 Å². The predicted molar refractivity (Wildman–Crippen MR) is 64.5 cm³/mol. The Hall–Kier alpha value is -1.79. The van der Waals surface area contributed by atoms with E-state index < -0.39 is 18.6 Å². The lowest BCUT2D eigenvalue weighted by Gasteiger charge is -2.20. The van der Waals surface area contributed by atoms with Crippen LogP contribution in [0.3, 0.4) is 0 Å². The second-order valence-corrected chi connectivity index (χ2v) is 4.15. The Labute approximate surface area is 108 Å². The van der Waals surface area contributed by atoms with Crippen molar-refractivity contribution in [2.45, 2.75) is 25.9 Å². The van der Waals surface area contributed by atoms with Crippen LogP contribution in [0.25, 0.3) is 0 Å². The van der Waals surface area contributed by atoms with Crippen molar-refractivity contribution in [2.75, 3.05) is 18.5 Å². The van der Waals surface area contributed by atoms with Crippen molar-refractivity contribution < 1.29 is 23.1 Å². The number of anilines is 1. The molecule has 0 aliphatic heterocycles. The first-order valence-electron chi connectivity index (χ1n) is 5.75. The molecule has 4 nitrogen and oxygen atoms in total. The molecule has 0 radical (unpaired) electrons. The summed E-state index contributed by atoms with van der Waals surface area (Å²) < 4.78 is 36.4. The van der Waals surface area contributed by atoms with E-state index in [4.69, 9.17) is 5.11 Å². The minimum atomic E-state index is -4.24. The second-order valence-electron chi connectivity index (χ2n) is 4.15. The fourth-order valence-corrected chi connectivity index (χ4v) is 1.48. The Kier molecular flexibility index (Phi) is 4.74. The molecule has 0 unspecified atom stereocenters. The molecule has 0 amide bonds. The summed E-state index contributed by atoms with van der Waals surface area (Å²) in [4.78, 5) is 16.4. The van der Waals surface area contributed by atoms with Crippen LogP contribution in [0.5, 0.6) is 0 Å². The summed E-state index contributed by atoms with van der Waals surface area (Å²) >= 11 is 0. The SMILES string of the molecule is CCc1cc(C(=O)O)cc(N(C)CCC(F)(F)F)n1. The fourth-order valence-electron chi connectivity index (χ4n) is 1.48. The third-order valence-corrected chi connectivity index (χ3v) is 2.60. The standard InChI is InChI=1S/C12H15F3N2O2/c1-3-9-6-8(11(18)19)7-10(16-9)17(2)5-4-12(13,14)15/h6-7H,3-5H2,1-2H3,(H,18,19). The number of alkyl halides is 3. The molecule has 106 valence electrons. The van der Waals surface area contributed by atoms with E-state index in [0.29, 0.717) is 12.1 Å². The molecule has 1 heterocycles. The number of nitrogens with zero attached hydrogens (tertiary/aromatic N) is 2. The van der Waals surface area contributed by atoms with Gasteiger partial charge in [0.2, 0.25) is 0 Å². The molecule has 0 aliphatic rings. The van der Waals surface area contributed by atoms with Crippen molar-refractivity contribution in [2.24, 2.45) is 0 Å². The third kappa shape index (κ3) is 4.76. The van der Waals surface area contributed by atoms with Crippen LogP contribution in [0.2, 0.25) is 0 Å². The van der Waals surface area contributed by atoms with Crippen LogP contribution in [0.1, 0.15) is 29.4 Å². The van der Waals surface area contributed by atoms with E-state index in [2.05, 4.69) is 4.98 Å². The van der Waals surface area contributed by atoms with E-state index >= 15 is 0 Å². The van der Waals surface area contributed by atoms with Gasteiger partial charge in [0.1, 0.15) is 5.82 Å².